The van der Waals surface area contributed by atoms with Crippen molar-refractivity contribution in [1.29, 1.82) is 0 Å². The van der Waals surface area contributed by atoms with Crippen LogP contribution in [0.15, 0.2) is 18.2 Å². The number of ether oxygens (including phenoxy) is 1. The van der Waals surface area contributed by atoms with E-state index in [1.54, 1.807) is 0 Å². The van der Waals surface area contributed by atoms with Gasteiger partial charge in [0.15, 0.2) is 5.78 Å². The van der Waals surface area contributed by atoms with Crippen LogP contribution < -0.4 is 15.8 Å². The van der Waals surface area contributed by atoms with Gasteiger partial charge in [-0.25, -0.2) is 0 Å². The molecule has 0 amide bonds. The second kappa shape index (κ2) is 5.19. The monoisotopic (exact) mass is 234 g/mol. The number of fused-ring (bicyclic) bond motifs is 1. The van der Waals surface area contributed by atoms with Crippen LogP contribution in [-0.4, -0.2) is 25.0 Å². The smallest absolute Gasteiger partial charge is 0.163 e. The first kappa shape index (κ1) is 11.9. The Labute approximate surface area is 101 Å². The molecule has 1 aliphatic rings. The highest BCUT2D eigenvalue weighted by Crippen LogP contribution is 2.30. The topological polar surface area (TPSA) is 64.4 Å². The maximum atomic E-state index is 11.8. The summed E-state index contributed by atoms with van der Waals surface area (Å²) < 4.78 is 5.65. The summed E-state index contributed by atoms with van der Waals surface area (Å²) in [5, 5.41) is 3.26. The van der Waals surface area contributed by atoms with Crippen LogP contribution in [0.4, 0.5) is 5.69 Å². The van der Waals surface area contributed by atoms with E-state index in [0.717, 1.165) is 30.0 Å². The van der Waals surface area contributed by atoms with Gasteiger partial charge in [0.05, 0.1) is 12.2 Å². The third-order valence-electron chi connectivity index (χ3n) is 2.82. The average Bonchev–Trinajstić information content (AvgIpc) is 2.35. The lowest BCUT2D eigenvalue weighted by Crippen LogP contribution is -2.27. The van der Waals surface area contributed by atoms with Gasteiger partial charge in [-0.1, -0.05) is 0 Å². The van der Waals surface area contributed by atoms with Gasteiger partial charge in [0.1, 0.15) is 11.9 Å². The summed E-state index contributed by atoms with van der Waals surface area (Å²) in [4.78, 5) is 11.8. The Morgan fingerprint density at radius 1 is 1.59 bits per heavy atom. The standard InChI is InChI=1S/C13H18N2O2/c1-9-8-15-11-7-10(4-5-13(11)17-9)12(16)3-2-6-14/h4-5,7,9,15H,2-3,6,8,14H2,1H3. The van der Waals surface area contributed by atoms with E-state index in [9.17, 15) is 4.79 Å². The minimum Gasteiger partial charge on any atom is -0.487 e. The Morgan fingerprint density at radius 3 is 3.18 bits per heavy atom. The van der Waals surface area contributed by atoms with Gasteiger partial charge in [0.25, 0.3) is 0 Å². The first-order valence-electron chi connectivity index (χ1n) is 5.98. The van der Waals surface area contributed by atoms with Gasteiger partial charge in [-0.2, -0.15) is 0 Å². The van der Waals surface area contributed by atoms with Crippen LogP contribution in [0.5, 0.6) is 5.75 Å². The van der Waals surface area contributed by atoms with Crippen LogP contribution in [0.2, 0.25) is 0 Å². The Kier molecular flexibility index (Phi) is 3.64. The molecule has 0 fully saturated rings. The summed E-state index contributed by atoms with van der Waals surface area (Å²) in [5.41, 5.74) is 7.03. The molecule has 0 radical (unpaired) electrons. The van der Waals surface area contributed by atoms with Gasteiger partial charge in [-0.15, -0.1) is 0 Å². The number of nitrogens with one attached hydrogen (secondary N) is 1. The Balaban J connectivity index is 2.13. The van der Waals surface area contributed by atoms with Gasteiger partial charge >= 0.3 is 0 Å². The van der Waals surface area contributed by atoms with Crippen molar-refractivity contribution in [2.45, 2.75) is 25.9 Å². The summed E-state index contributed by atoms with van der Waals surface area (Å²) in [7, 11) is 0. The highest BCUT2D eigenvalue weighted by atomic mass is 16.5. The van der Waals surface area contributed by atoms with Crippen LogP contribution in [0.3, 0.4) is 0 Å². The molecular formula is C13H18N2O2. The van der Waals surface area contributed by atoms with Crippen molar-refractivity contribution < 1.29 is 9.53 Å². The predicted molar refractivity (Wildman–Crippen MR) is 67.6 cm³/mol. The molecule has 4 nitrogen and oxygen atoms in total. The maximum absolute atomic E-state index is 11.8. The predicted octanol–water partition coefficient (Wildman–Crippen LogP) is 1.80. The number of Topliss-reactive ketones (excluding diaryl/α,β-unsaturated/α-hetero) is 1. The van der Waals surface area contributed by atoms with E-state index in [1.165, 1.54) is 0 Å². The zero-order valence-electron chi connectivity index (χ0n) is 10.0. The minimum absolute atomic E-state index is 0.138. The van der Waals surface area contributed by atoms with Crippen LogP contribution >= 0.6 is 0 Å². The lowest BCUT2D eigenvalue weighted by Gasteiger charge is -2.25. The Morgan fingerprint density at radius 2 is 2.41 bits per heavy atom. The molecule has 0 aromatic heterocycles. The summed E-state index contributed by atoms with van der Waals surface area (Å²) in [6, 6.07) is 5.53. The molecule has 3 N–H and O–H groups in total. The number of hydrogen-bond donors (Lipinski definition) is 2. The van der Waals surface area contributed by atoms with Crippen LogP contribution in [0.25, 0.3) is 0 Å². The minimum atomic E-state index is 0.138. The molecule has 1 aromatic rings. The first-order chi connectivity index (χ1) is 8.20. The van der Waals surface area contributed by atoms with E-state index in [2.05, 4.69) is 5.32 Å². The first-order valence-corrected chi connectivity index (χ1v) is 5.98. The quantitative estimate of drug-likeness (QED) is 0.780. The fourth-order valence-electron chi connectivity index (χ4n) is 1.86. The molecule has 1 aliphatic heterocycles. The fourth-order valence-corrected chi connectivity index (χ4v) is 1.86. The highest BCUT2D eigenvalue weighted by Gasteiger charge is 2.16. The number of hydrogen-bond acceptors (Lipinski definition) is 4. The molecule has 0 bridgehead atoms. The second-order valence-corrected chi connectivity index (χ2v) is 4.34. The largest absolute Gasteiger partial charge is 0.487 e. The molecule has 1 unspecified atom stereocenters. The molecule has 17 heavy (non-hydrogen) atoms. The number of benzene rings is 1. The number of rotatable bonds is 4. The molecule has 0 aliphatic carbocycles. The SMILES string of the molecule is CC1CNc2cc(C(=O)CCCN)ccc2O1. The normalized spacial score (nSPS) is 17.9. The van der Waals surface area contributed by atoms with Crippen LogP contribution in [-0.2, 0) is 0 Å². The molecule has 1 heterocycles. The van der Waals surface area contributed by atoms with E-state index in [-0.39, 0.29) is 11.9 Å². The van der Waals surface area contributed by atoms with Gasteiger partial charge in [-0.05, 0) is 38.1 Å². The Bertz CT molecular complexity index is 418. The maximum Gasteiger partial charge on any atom is 0.163 e. The van der Waals surface area contributed by atoms with Gasteiger partial charge in [0, 0.05) is 12.0 Å². The number of nitrogens with two attached hydrogens (primary N) is 1. The van der Waals surface area contributed by atoms with Crippen LogP contribution in [0.1, 0.15) is 30.1 Å². The van der Waals surface area contributed by atoms with Gasteiger partial charge in [0.2, 0.25) is 0 Å². The summed E-state index contributed by atoms with van der Waals surface area (Å²) in [6.07, 6.45) is 1.41. The fraction of sp³-hybridized carbons (Fsp3) is 0.462. The van der Waals surface area contributed by atoms with E-state index < -0.39 is 0 Å². The number of carbonyl (C=O) groups is 1. The molecule has 1 atom stereocenters. The van der Waals surface area contributed by atoms with Crippen LogP contribution in [0, 0.1) is 0 Å². The summed E-state index contributed by atoms with van der Waals surface area (Å²) in [6.45, 7) is 3.33. The van der Waals surface area contributed by atoms with E-state index in [0.29, 0.717) is 13.0 Å². The molecule has 0 saturated carbocycles. The van der Waals surface area contributed by atoms with Gasteiger partial charge < -0.3 is 15.8 Å². The summed E-state index contributed by atoms with van der Waals surface area (Å²) in [5.74, 6) is 0.956. The van der Waals surface area contributed by atoms with Crippen molar-refractivity contribution in [3.05, 3.63) is 23.8 Å². The van der Waals surface area contributed by atoms with Crippen molar-refractivity contribution in [3.8, 4) is 5.75 Å². The van der Waals surface area contributed by atoms with Crippen molar-refractivity contribution in [2.24, 2.45) is 5.73 Å². The average molecular weight is 234 g/mol. The van der Waals surface area contributed by atoms with Crippen molar-refractivity contribution in [1.82, 2.24) is 0 Å². The van der Waals surface area contributed by atoms with E-state index in [1.807, 2.05) is 25.1 Å². The number of ketones is 1. The molecule has 92 valence electrons. The Hall–Kier alpha value is -1.55. The lowest BCUT2D eigenvalue weighted by atomic mass is 10.0. The zero-order valence-corrected chi connectivity index (χ0v) is 10.0. The van der Waals surface area contributed by atoms with E-state index in [4.69, 9.17) is 10.5 Å². The molecule has 2 rings (SSSR count). The third-order valence-corrected chi connectivity index (χ3v) is 2.82. The van der Waals surface area contributed by atoms with E-state index >= 15 is 0 Å². The number of carbonyl (C=O) groups excluding carboxylic acids is 1. The molecule has 0 spiro atoms. The third kappa shape index (κ3) is 2.77. The zero-order chi connectivity index (χ0) is 12.3. The highest BCUT2D eigenvalue weighted by molar-refractivity contribution is 5.97. The molecule has 4 heteroatoms. The second-order valence-electron chi connectivity index (χ2n) is 4.34. The molecular weight excluding hydrogens is 216 g/mol. The lowest BCUT2D eigenvalue weighted by molar-refractivity contribution is 0.0980. The summed E-state index contributed by atoms with van der Waals surface area (Å²) >= 11 is 0. The number of anilines is 1. The molecule has 1 aromatic carbocycles. The van der Waals surface area contributed by atoms with Crippen molar-refractivity contribution in [2.75, 3.05) is 18.4 Å². The molecule has 0 saturated heterocycles. The van der Waals surface area contributed by atoms with Gasteiger partial charge in [-0.3, -0.25) is 4.79 Å². The van der Waals surface area contributed by atoms with Crippen molar-refractivity contribution >= 4 is 11.5 Å². The van der Waals surface area contributed by atoms with Crippen molar-refractivity contribution in [3.63, 3.8) is 0 Å².